The molecule has 2 aliphatic heterocycles. The van der Waals surface area contributed by atoms with E-state index in [4.69, 9.17) is 14.2 Å². The molecule has 7 heteroatoms. The van der Waals surface area contributed by atoms with Gasteiger partial charge in [0.1, 0.15) is 18.5 Å². The van der Waals surface area contributed by atoms with Gasteiger partial charge in [-0.15, -0.1) is 0 Å². The van der Waals surface area contributed by atoms with Crippen LogP contribution >= 0.6 is 0 Å². The minimum atomic E-state index is -0.657. The molecule has 0 N–H and O–H groups in total. The van der Waals surface area contributed by atoms with Gasteiger partial charge in [0.05, 0.1) is 24.1 Å². The largest absolute Gasteiger partial charge is 0.490 e. The van der Waals surface area contributed by atoms with E-state index < -0.39 is 6.04 Å². The molecule has 0 saturated heterocycles. The number of ketones is 1. The summed E-state index contributed by atoms with van der Waals surface area (Å²) < 4.78 is 17.9. The van der Waals surface area contributed by atoms with E-state index in [0.717, 1.165) is 36.8 Å². The van der Waals surface area contributed by atoms with Crippen LogP contribution in [0, 0.1) is 12.8 Å². The lowest BCUT2D eigenvalue weighted by atomic mass is 9.77. The fourth-order valence-corrected chi connectivity index (χ4v) is 5.23. The Balaban J connectivity index is 1.63. The van der Waals surface area contributed by atoms with Crippen LogP contribution in [0.2, 0.25) is 0 Å². The van der Waals surface area contributed by atoms with Crippen molar-refractivity contribution in [3.05, 3.63) is 71.6 Å². The first kappa shape index (κ1) is 23.1. The molecule has 0 spiro atoms. The Kier molecular flexibility index (Phi) is 6.32. The molecule has 35 heavy (non-hydrogen) atoms. The summed E-state index contributed by atoms with van der Waals surface area (Å²) in [6.45, 7) is 8.32. The van der Waals surface area contributed by atoms with Crippen molar-refractivity contribution in [2.75, 3.05) is 18.1 Å². The number of aromatic nitrogens is 1. The van der Waals surface area contributed by atoms with Crippen LogP contribution in [0.25, 0.3) is 0 Å². The predicted octanol–water partition coefficient (Wildman–Crippen LogP) is 4.85. The number of carbonyl (C=O) groups excluding carboxylic acids is 2. The summed E-state index contributed by atoms with van der Waals surface area (Å²) in [5.74, 6) is 1.22. The van der Waals surface area contributed by atoms with Gasteiger partial charge in [0.25, 0.3) is 5.91 Å². The van der Waals surface area contributed by atoms with E-state index in [2.05, 4.69) is 11.6 Å². The molecule has 1 amide bonds. The number of carbonyl (C=O) groups is 2. The second kappa shape index (κ2) is 9.56. The maximum atomic E-state index is 13.8. The number of rotatable bonds is 7. The summed E-state index contributed by atoms with van der Waals surface area (Å²) in [4.78, 5) is 33.6. The molecule has 0 radical (unpaired) electrons. The molecule has 1 saturated carbocycles. The molecule has 3 aliphatic rings. The number of hydrogen-bond acceptors (Lipinski definition) is 6. The summed E-state index contributed by atoms with van der Waals surface area (Å²) in [5.41, 5.74) is 2.14. The van der Waals surface area contributed by atoms with Crippen molar-refractivity contribution in [1.82, 2.24) is 4.98 Å². The fraction of sp³-hybridized carbons (Fsp3) is 0.393. The Bertz CT molecular complexity index is 1190. The smallest absolute Gasteiger partial charge is 0.295 e. The molecule has 5 rings (SSSR count). The number of anilines is 1. The van der Waals surface area contributed by atoms with Gasteiger partial charge in [-0.1, -0.05) is 31.2 Å². The highest BCUT2D eigenvalue weighted by atomic mass is 16.5. The van der Waals surface area contributed by atoms with Gasteiger partial charge in [-0.25, -0.2) is 4.98 Å². The monoisotopic (exact) mass is 474 g/mol. The standard InChI is InChI=1S/C28H30N2O5/c1-4-14-34-21-12-11-18(15-22(21)33-5-2)25-24-26(31)19-8-6-7-9-20(19)35-27(24)28(32)30(25)23-13-10-17(3)16-29-23/h4,10-13,15-16,19-20,25H,1,5-9,14H2,2-3H3. The molecule has 3 heterocycles. The van der Waals surface area contributed by atoms with E-state index in [0.29, 0.717) is 36.1 Å². The van der Waals surface area contributed by atoms with E-state index in [1.54, 1.807) is 23.2 Å². The van der Waals surface area contributed by atoms with Crippen LogP contribution in [0.15, 0.2) is 60.5 Å². The zero-order valence-corrected chi connectivity index (χ0v) is 20.2. The van der Waals surface area contributed by atoms with E-state index in [-0.39, 0.29) is 29.5 Å². The number of aryl methyl sites for hydroxylation is 1. The highest BCUT2D eigenvalue weighted by Crippen LogP contribution is 2.48. The van der Waals surface area contributed by atoms with Gasteiger partial charge < -0.3 is 14.2 Å². The maximum absolute atomic E-state index is 13.8. The lowest BCUT2D eigenvalue weighted by Gasteiger charge is -2.35. The first-order valence-corrected chi connectivity index (χ1v) is 12.2. The van der Waals surface area contributed by atoms with Gasteiger partial charge in [-0.2, -0.15) is 0 Å². The third-order valence-corrected chi connectivity index (χ3v) is 6.85. The summed E-state index contributed by atoms with van der Waals surface area (Å²) in [7, 11) is 0. The Labute approximate surface area is 205 Å². The third kappa shape index (κ3) is 4.09. The van der Waals surface area contributed by atoms with Gasteiger partial charge in [0.2, 0.25) is 0 Å². The normalized spacial score (nSPS) is 23.5. The Morgan fingerprint density at radius 1 is 1.14 bits per heavy atom. The number of pyridine rings is 1. The quantitative estimate of drug-likeness (QED) is 0.534. The molecule has 3 atom stereocenters. The van der Waals surface area contributed by atoms with Crippen LogP contribution in [-0.4, -0.2) is 36.0 Å². The topological polar surface area (TPSA) is 78.0 Å². The second-order valence-electron chi connectivity index (χ2n) is 9.16. The third-order valence-electron chi connectivity index (χ3n) is 6.85. The minimum absolute atomic E-state index is 0.00820. The highest BCUT2D eigenvalue weighted by molar-refractivity contribution is 6.17. The first-order valence-electron chi connectivity index (χ1n) is 12.2. The van der Waals surface area contributed by atoms with Crippen molar-refractivity contribution in [3.63, 3.8) is 0 Å². The Morgan fingerprint density at radius 2 is 1.97 bits per heavy atom. The average molecular weight is 475 g/mol. The molecule has 182 valence electrons. The molecule has 1 fully saturated rings. The van der Waals surface area contributed by atoms with Gasteiger partial charge >= 0.3 is 0 Å². The molecule has 1 aromatic heterocycles. The Morgan fingerprint density at radius 3 is 2.71 bits per heavy atom. The van der Waals surface area contributed by atoms with E-state index in [1.807, 2.05) is 38.1 Å². The van der Waals surface area contributed by atoms with Crippen molar-refractivity contribution in [3.8, 4) is 11.5 Å². The van der Waals surface area contributed by atoms with Gasteiger partial charge in [-0.05, 0) is 62.4 Å². The van der Waals surface area contributed by atoms with E-state index >= 15 is 0 Å². The lowest BCUT2D eigenvalue weighted by molar-refractivity contribution is -0.131. The zero-order chi connectivity index (χ0) is 24.5. The van der Waals surface area contributed by atoms with Crippen LogP contribution in [0.5, 0.6) is 11.5 Å². The van der Waals surface area contributed by atoms with Gasteiger partial charge in [0.15, 0.2) is 23.0 Å². The van der Waals surface area contributed by atoms with Crippen LogP contribution in [0.4, 0.5) is 5.82 Å². The number of amides is 1. The van der Waals surface area contributed by atoms with Crippen LogP contribution in [0.1, 0.15) is 49.8 Å². The van der Waals surface area contributed by atoms with Crippen molar-refractivity contribution in [2.24, 2.45) is 5.92 Å². The molecule has 3 unspecified atom stereocenters. The minimum Gasteiger partial charge on any atom is -0.490 e. The lowest BCUT2D eigenvalue weighted by Crippen LogP contribution is -2.39. The van der Waals surface area contributed by atoms with E-state index in [9.17, 15) is 9.59 Å². The summed E-state index contributed by atoms with van der Waals surface area (Å²) in [5, 5.41) is 0. The SMILES string of the molecule is C=CCOc1ccc(C2C3=C(OC4CCCCC4C3=O)C(=O)N2c2ccc(C)cn2)cc1OCC. The number of Topliss-reactive ketones (excluding diaryl/α,β-unsaturated/α-hetero) is 1. The number of hydrogen-bond donors (Lipinski definition) is 0. The summed E-state index contributed by atoms with van der Waals surface area (Å²) in [6, 6.07) is 8.58. The summed E-state index contributed by atoms with van der Waals surface area (Å²) >= 11 is 0. The van der Waals surface area contributed by atoms with Gasteiger partial charge in [0, 0.05) is 6.20 Å². The van der Waals surface area contributed by atoms with Crippen molar-refractivity contribution < 1.29 is 23.8 Å². The molecule has 1 aromatic carbocycles. The molecule has 2 aromatic rings. The zero-order valence-electron chi connectivity index (χ0n) is 20.2. The van der Waals surface area contributed by atoms with Gasteiger partial charge in [-0.3, -0.25) is 14.5 Å². The predicted molar refractivity (Wildman–Crippen MR) is 131 cm³/mol. The first-order chi connectivity index (χ1) is 17.0. The van der Waals surface area contributed by atoms with Crippen molar-refractivity contribution in [1.29, 1.82) is 0 Å². The maximum Gasteiger partial charge on any atom is 0.295 e. The number of fused-ring (bicyclic) bond motifs is 1. The van der Waals surface area contributed by atoms with Crippen molar-refractivity contribution >= 4 is 17.5 Å². The molecule has 1 aliphatic carbocycles. The fourth-order valence-electron chi connectivity index (χ4n) is 5.23. The summed E-state index contributed by atoms with van der Waals surface area (Å²) in [6.07, 6.45) is 6.71. The molecular weight excluding hydrogens is 444 g/mol. The number of benzene rings is 1. The number of ether oxygens (including phenoxy) is 3. The average Bonchev–Trinajstić information content (AvgIpc) is 3.16. The molecule has 0 bridgehead atoms. The van der Waals surface area contributed by atoms with Crippen molar-refractivity contribution in [2.45, 2.75) is 51.7 Å². The van der Waals surface area contributed by atoms with Crippen LogP contribution in [-0.2, 0) is 14.3 Å². The Hall–Kier alpha value is -3.61. The van der Waals surface area contributed by atoms with E-state index in [1.165, 1.54) is 0 Å². The number of nitrogens with zero attached hydrogens (tertiary/aromatic N) is 2. The highest BCUT2D eigenvalue weighted by Gasteiger charge is 2.52. The van der Waals surface area contributed by atoms with Crippen LogP contribution < -0.4 is 14.4 Å². The second-order valence-corrected chi connectivity index (χ2v) is 9.16. The molecule has 7 nitrogen and oxygen atoms in total. The molecular formula is C28H30N2O5. The van der Waals surface area contributed by atoms with Crippen LogP contribution in [0.3, 0.4) is 0 Å².